The average molecular weight is 1090 g/mol. The van der Waals surface area contributed by atoms with Crippen LogP contribution < -0.4 is 0 Å². The predicted octanol–water partition coefficient (Wildman–Crippen LogP) is 15.1. The maximum atomic E-state index is 12.9. The van der Waals surface area contributed by atoms with Crippen molar-refractivity contribution in [2.75, 3.05) is 13.2 Å². The number of phosphoric acid groups is 1. The highest BCUT2D eigenvalue weighted by atomic mass is 31.2. The van der Waals surface area contributed by atoms with Gasteiger partial charge in [0.1, 0.15) is 43.2 Å². The maximum Gasteiger partial charge on any atom is 0.472 e. The number of hydrogen-bond acceptors (Lipinski definition) is 12. The molecule has 1 rings (SSSR count). The van der Waals surface area contributed by atoms with E-state index in [2.05, 4.69) is 38.2 Å². The van der Waals surface area contributed by atoms with E-state index in [1.807, 2.05) is 0 Å². The van der Waals surface area contributed by atoms with Gasteiger partial charge in [-0.2, -0.15) is 0 Å². The van der Waals surface area contributed by atoms with E-state index in [-0.39, 0.29) is 12.8 Å². The lowest BCUT2D eigenvalue weighted by Gasteiger charge is -2.41. The molecule has 1 aliphatic rings. The first-order chi connectivity index (χ1) is 36.4. The first-order valence-electron chi connectivity index (χ1n) is 31.1. The molecule has 6 N–H and O–H groups in total. The Balaban J connectivity index is 2.29. The van der Waals surface area contributed by atoms with Gasteiger partial charge >= 0.3 is 19.8 Å². The van der Waals surface area contributed by atoms with Crippen molar-refractivity contribution in [2.24, 2.45) is 0 Å². The van der Waals surface area contributed by atoms with Gasteiger partial charge in [0.25, 0.3) is 0 Å². The quantitative estimate of drug-likeness (QED) is 0.0145. The van der Waals surface area contributed by atoms with E-state index in [0.717, 1.165) is 57.8 Å². The Hall–Kier alpha value is -1.67. The van der Waals surface area contributed by atoms with Crippen molar-refractivity contribution >= 4 is 19.8 Å². The van der Waals surface area contributed by atoms with E-state index in [1.165, 1.54) is 199 Å². The molecule has 0 spiro atoms. The van der Waals surface area contributed by atoms with Crippen molar-refractivity contribution < 1.29 is 63.1 Å². The van der Waals surface area contributed by atoms with Gasteiger partial charge in [-0.15, -0.1) is 0 Å². The molecule has 1 fully saturated rings. The number of rotatable bonds is 54. The number of unbranched alkanes of at least 4 members (excludes halogenated alkanes) is 38. The van der Waals surface area contributed by atoms with Crippen LogP contribution in [0.4, 0.5) is 0 Å². The van der Waals surface area contributed by atoms with Crippen molar-refractivity contribution in [1.29, 1.82) is 0 Å². The summed E-state index contributed by atoms with van der Waals surface area (Å²) in [5.41, 5.74) is 0. The molecule has 0 aliphatic heterocycles. The van der Waals surface area contributed by atoms with Gasteiger partial charge in [-0.3, -0.25) is 18.6 Å². The Labute approximate surface area is 457 Å². The lowest BCUT2D eigenvalue weighted by molar-refractivity contribution is -0.220. The highest BCUT2D eigenvalue weighted by Crippen LogP contribution is 2.47. The topological polar surface area (TPSA) is 210 Å². The minimum Gasteiger partial charge on any atom is -0.462 e. The lowest BCUT2D eigenvalue weighted by Crippen LogP contribution is -2.64. The number of esters is 2. The maximum absolute atomic E-state index is 12.9. The van der Waals surface area contributed by atoms with E-state index in [4.69, 9.17) is 18.5 Å². The standard InChI is InChI=1S/C61H115O13P/c1-3-5-7-9-11-13-15-17-19-21-23-25-27-29-31-33-35-37-39-41-43-45-47-49-54(62)71-51-53(52-72-75(69,70)74-61-59(67)57(65)56(64)58(66)60(61)68)73-55(63)50-48-46-44-42-40-38-36-34-32-30-28-26-24-22-20-18-16-14-12-10-8-6-4-2/h16,18,22,24,53,56-61,64-68H,3-15,17,19-21,23,25-52H2,1-2H3,(H,69,70)/b18-16-,24-22-. The van der Waals surface area contributed by atoms with Gasteiger partial charge in [-0.1, -0.05) is 263 Å². The SMILES string of the molecule is CCCCCCC/C=C\C/C=C\CCCCCCCCCCCCCC(=O)OC(COC(=O)CCCCCCCCCCCCCCCCCCCCCCCCC)COP(=O)(O)OC1C(O)C(O)C(O)C(O)C1O. The van der Waals surface area contributed by atoms with Crippen LogP contribution >= 0.6 is 7.82 Å². The van der Waals surface area contributed by atoms with Crippen molar-refractivity contribution in [2.45, 2.75) is 339 Å². The van der Waals surface area contributed by atoms with Gasteiger partial charge in [0.05, 0.1) is 6.61 Å². The summed E-state index contributed by atoms with van der Waals surface area (Å²) in [6, 6.07) is 0. The van der Waals surface area contributed by atoms with E-state index in [9.17, 15) is 44.6 Å². The number of allylic oxidation sites excluding steroid dienone is 4. The molecule has 1 saturated carbocycles. The molecule has 75 heavy (non-hydrogen) atoms. The molecule has 442 valence electrons. The molecule has 0 amide bonds. The summed E-state index contributed by atoms with van der Waals surface area (Å²) in [5, 5.41) is 50.5. The molecule has 13 nitrogen and oxygen atoms in total. The highest BCUT2D eigenvalue weighted by Gasteiger charge is 2.51. The van der Waals surface area contributed by atoms with Crippen LogP contribution in [-0.2, 0) is 32.7 Å². The number of aliphatic hydroxyl groups is 5. The zero-order valence-corrected chi connectivity index (χ0v) is 48.8. The van der Waals surface area contributed by atoms with E-state index in [1.54, 1.807) is 0 Å². The van der Waals surface area contributed by atoms with Crippen LogP contribution in [0.3, 0.4) is 0 Å². The average Bonchev–Trinajstić information content (AvgIpc) is 3.39. The minimum absolute atomic E-state index is 0.0981. The fourth-order valence-electron chi connectivity index (χ4n) is 9.85. The molecular formula is C61H115O13P. The second-order valence-electron chi connectivity index (χ2n) is 21.9. The van der Waals surface area contributed by atoms with Crippen LogP contribution in [0, 0.1) is 0 Å². The highest BCUT2D eigenvalue weighted by molar-refractivity contribution is 7.47. The van der Waals surface area contributed by atoms with Crippen molar-refractivity contribution in [3.05, 3.63) is 24.3 Å². The first kappa shape index (κ1) is 71.3. The zero-order chi connectivity index (χ0) is 54.9. The predicted molar refractivity (Wildman–Crippen MR) is 304 cm³/mol. The van der Waals surface area contributed by atoms with Gasteiger partial charge in [0, 0.05) is 12.8 Å². The number of hydrogen-bond donors (Lipinski definition) is 6. The molecule has 1 aliphatic carbocycles. The number of phosphoric ester groups is 1. The molecule has 0 aromatic heterocycles. The summed E-state index contributed by atoms with van der Waals surface area (Å²) >= 11 is 0. The third-order valence-corrected chi connectivity index (χ3v) is 15.8. The van der Waals surface area contributed by atoms with Gasteiger partial charge < -0.3 is 39.9 Å². The van der Waals surface area contributed by atoms with E-state index >= 15 is 0 Å². The van der Waals surface area contributed by atoms with Crippen LogP contribution in [0.15, 0.2) is 24.3 Å². The summed E-state index contributed by atoms with van der Waals surface area (Å²) < 4.78 is 33.8. The summed E-state index contributed by atoms with van der Waals surface area (Å²) in [5.74, 6) is -1.08. The minimum atomic E-state index is -5.13. The van der Waals surface area contributed by atoms with Crippen molar-refractivity contribution in [1.82, 2.24) is 0 Å². The normalized spacial score (nSPS) is 20.3. The van der Waals surface area contributed by atoms with Crippen LogP contribution in [0.2, 0.25) is 0 Å². The Morgan fingerprint density at radius 3 is 1.08 bits per heavy atom. The summed E-state index contributed by atoms with van der Waals surface area (Å²) in [4.78, 5) is 36.1. The van der Waals surface area contributed by atoms with Crippen LogP contribution in [0.25, 0.3) is 0 Å². The summed E-state index contributed by atoms with van der Waals surface area (Å²) in [7, 11) is -5.13. The number of ether oxygens (including phenoxy) is 2. The largest absolute Gasteiger partial charge is 0.472 e. The Bertz CT molecular complexity index is 1400. The zero-order valence-electron chi connectivity index (χ0n) is 47.9. The van der Waals surface area contributed by atoms with Gasteiger partial charge in [-0.05, 0) is 44.9 Å². The van der Waals surface area contributed by atoms with E-state index in [0.29, 0.717) is 12.8 Å². The molecule has 6 atom stereocenters. The number of carbonyl (C=O) groups excluding carboxylic acids is 2. The summed E-state index contributed by atoms with van der Waals surface area (Å²) in [6.45, 7) is 3.36. The van der Waals surface area contributed by atoms with E-state index < -0.39 is 75.7 Å². The number of carbonyl (C=O) groups is 2. The lowest BCUT2D eigenvalue weighted by atomic mass is 9.85. The van der Waals surface area contributed by atoms with Gasteiger partial charge in [0.2, 0.25) is 0 Å². The molecule has 0 bridgehead atoms. The van der Waals surface area contributed by atoms with Crippen LogP contribution in [0.5, 0.6) is 0 Å². The van der Waals surface area contributed by atoms with Gasteiger partial charge in [-0.25, -0.2) is 4.57 Å². The second-order valence-corrected chi connectivity index (χ2v) is 23.3. The first-order valence-corrected chi connectivity index (χ1v) is 32.6. The molecular weight excluding hydrogens is 972 g/mol. The molecule has 0 aromatic rings. The van der Waals surface area contributed by atoms with Crippen LogP contribution in [0.1, 0.15) is 296 Å². The fraction of sp³-hybridized carbons (Fsp3) is 0.902. The fourth-order valence-corrected chi connectivity index (χ4v) is 10.8. The third kappa shape index (κ3) is 42.0. The van der Waals surface area contributed by atoms with Crippen molar-refractivity contribution in [3.63, 3.8) is 0 Å². The van der Waals surface area contributed by atoms with Gasteiger partial charge in [0.15, 0.2) is 6.10 Å². The summed E-state index contributed by atoms with van der Waals surface area (Å²) in [6.07, 6.45) is 48.0. The molecule has 0 heterocycles. The molecule has 14 heteroatoms. The molecule has 6 unspecified atom stereocenters. The molecule has 0 radical (unpaired) electrons. The Morgan fingerprint density at radius 2 is 0.720 bits per heavy atom. The molecule has 0 aromatic carbocycles. The molecule has 0 saturated heterocycles. The number of aliphatic hydroxyl groups excluding tert-OH is 5. The van der Waals surface area contributed by atoms with Crippen molar-refractivity contribution in [3.8, 4) is 0 Å². The third-order valence-electron chi connectivity index (χ3n) is 14.8. The monoisotopic (exact) mass is 1090 g/mol. The Kier molecular flexibility index (Phi) is 48.1. The smallest absolute Gasteiger partial charge is 0.462 e. The van der Waals surface area contributed by atoms with Crippen LogP contribution in [-0.4, -0.2) is 98.3 Å². The second kappa shape index (κ2) is 50.5. The Morgan fingerprint density at radius 1 is 0.413 bits per heavy atom.